The van der Waals surface area contributed by atoms with Gasteiger partial charge in [-0.25, -0.2) is 0 Å². The monoisotopic (exact) mass is 343 g/mol. The SMILES string of the molecule is CC(C)C(CNC(=O)c1ccc(Br)cc1S)C(C)C. The highest BCUT2D eigenvalue weighted by Gasteiger charge is 2.19. The summed E-state index contributed by atoms with van der Waals surface area (Å²) in [6, 6.07) is 5.49. The highest BCUT2D eigenvalue weighted by Crippen LogP contribution is 2.21. The first-order valence-electron chi connectivity index (χ1n) is 6.59. The molecule has 0 aliphatic rings. The van der Waals surface area contributed by atoms with Gasteiger partial charge in [-0.1, -0.05) is 43.6 Å². The molecule has 19 heavy (non-hydrogen) atoms. The minimum absolute atomic E-state index is 0.0520. The molecular weight excluding hydrogens is 322 g/mol. The molecule has 0 saturated carbocycles. The van der Waals surface area contributed by atoms with E-state index in [1.165, 1.54) is 0 Å². The molecule has 0 saturated heterocycles. The van der Waals surface area contributed by atoms with E-state index in [-0.39, 0.29) is 5.91 Å². The molecule has 0 atom stereocenters. The zero-order chi connectivity index (χ0) is 14.6. The predicted octanol–water partition coefficient (Wildman–Crippen LogP) is 4.40. The lowest BCUT2D eigenvalue weighted by atomic mass is 9.85. The molecule has 1 amide bonds. The van der Waals surface area contributed by atoms with Crippen molar-refractivity contribution in [2.75, 3.05) is 6.54 Å². The summed E-state index contributed by atoms with van der Waals surface area (Å²) in [5.41, 5.74) is 0.623. The lowest BCUT2D eigenvalue weighted by Crippen LogP contribution is -2.34. The summed E-state index contributed by atoms with van der Waals surface area (Å²) < 4.78 is 0.927. The van der Waals surface area contributed by atoms with Gasteiger partial charge in [-0.15, -0.1) is 12.6 Å². The highest BCUT2D eigenvalue weighted by atomic mass is 79.9. The van der Waals surface area contributed by atoms with Crippen molar-refractivity contribution < 1.29 is 4.79 Å². The van der Waals surface area contributed by atoms with E-state index in [2.05, 4.69) is 61.6 Å². The second-order valence-corrected chi connectivity index (χ2v) is 6.92. The Morgan fingerprint density at radius 1 is 1.26 bits per heavy atom. The molecule has 106 valence electrons. The molecule has 0 aromatic heterocycles. The van der Waals surface area contributed by atoms with Crippen LogP contribution in [0.25, 0.3) is 0 Å². The van der Waals surface area contributed by atoms with Crippen LogP contribution in [0.5, 0.6) is 0 Å². The molecule has 0 aliphatic heterocycles. The van der Waals surface area contributed by atoms with Crippen LogP contribution in [0.4, 0.5) is 0 Å². The molecule has 0 spiro atoms. The summed E-state index contributed by atoms with van der Waals surface area (Å²) in [6.45, 7) is 9.49. The molecule has 0 bridgehead atoms. The number of benzene rings is 1. The van der Waals surface area contributed by atoms with Gasteiger partial charge in [0.15, 0.2) is 0 Å². The maximum Gasteiger partial charge on any atom is 0.252 e. The summed E-state index contributed by atoms with van der Waals surface area (Å²) in [5, 5.41) is 3.02. The Balaban J connectivity index is 2.69. The molecule has 1 aromatic rings. The van der Waals surface area contributed by atoms with E-state index in [1.807, 2.05) is 12.1 Å². The van der Waals surface area contributed by atoms with E-state index < -0.39 is 0 Å². The van der Waals surface area contributed by atoms with Gasteiger partial charge < -0.3 is 5.32 Å². The molecule has 0 fully saturated rings. The van der Waals surface area contributed by atoms with Gasteiger partial charge in [0, 0.05) is 15.9 Å². The summed E-state index contributed by atoms with van der Waals surface area (Å²) in [6.07, 6.45) is 0. The summed E-state index contributed by atoms with van der Waals surface area (Å²) >= 11 is 7.71. The Morgan fingerprint density at radius 3 is 2.32 bits per heavy atom. The molecule has 0 radical (unpaired) electrons. The maximum atomic E-state index is 12.2. The first kappa shape index (κ1) is 16.6. The van der Waals surface area contributed by atoms with E-state index in [0.29, 0.717) is 34.8 Å². The van der Waals surface area contributed by atoms with Crippen LogP contribution < -0.4 is 5.32 Å². The van der Waals surface area contributed by atoms with Crippen molar-refractivity contribution in [3.63, 3.8) is 0 Å². The quantitative estimate of drug-likeness (QED) is 0.762. The predicted molar refractivity (Wildman–Crippen MR) is 86.9 cm³/mol. The van der Waals surface area contributed by atoms with Crippen molar-refractivity contribution in [1.29, 1.82) is 0 Å². The van der Waals surface area contributed by atoms with E-state index in [9.17, 15) is 4.79 Å². The molecule has 0 aliphatic carbocycles. The molecule has 1 rings (SSSR count). The van der Waals surface area contributed by atoms with Gasteiger partial charge in [0.25, 0.3) is 5.91 Å². The maximum absolute atomic E-state index is 12.2. The fraction of sp³-hybridized carbons (Fsp3) is 0.533. The average molecular weight is 344 g/mol. The van der Waals surface area contributed by atoms with E-state index in [1.54, 1.807) is 6.07 Å². The number of carbonyl (C=O) groups excluding carboxylic acids is 1. The first-order chi connectivity index (χ1) is 8.82. The van der Waals surface area contributed by atoms with Crippen molar-refractivity contribution in [2.24, 2.45) is 17.8 Å². The van der Waals surface area contributed by atoms with Crippen LogP contribution in [0.3, 0.4) is 0 Å². The van der Waals surface area contributed by atoms with E-state index >= 15 is 0 Å². The molecule has 2 nitrogen and oxygen atoms in total. The zero-order valence-corrected chi connectivity index (χ0v) is 14.4. The lowest BCUT2D eigenvalue weighted by Gasteiger charge is -2.25. The third kappa shape index (κ3) is 4.84. The van der Waals surface area contributed by atoms with Crippen molar-refractivity contribution in [1.82, 2.24) is 5.32 Å². The third-order valence-electron chi connectivity index (χ3n) is 3.42. The van der Waals surface area contributed by atoms with Gasteiger partial charge in [-0.2, -0.15) is 0 Å². The summed E-state index contributed by atoms with van der Waals surface area (Å²) in [7, 11) is 0. The Morgan fingerprint density at radius 2 is 1.84 bits per heavy atom. The van der Waals surface area contributed by atoms with Crippen molar-refractivity contribution in [2.45, 2.75) is 32.6 Å². The number of nitrogens with one attached hydrogen (secondary N) is 1. The first-order valence-corrected chi connectivity index (χ1v) is 7.83. The number of rotatable bonds is 5. The van der Waals surface area contributed by atoms with Gasteiger partial charge in [0.05, 0.1) is 5.56 Å². The van der Waals surface area contributed by atoms with Crippen LogP contribution in [-0.4, -0.2) is 12.5 Å². The van der Waals surface area contributed by atoms with Crippen LogP contribution >= 0.6 is 28.6 Å². The molecule has 1 N–H and O–H groups in total. The van der Waals surface area contributed by atoms with Crippen LogP contribution in [0.15, 0.2) is 27.6 Å². The summed E-state index contributed by atoms with van der Waals surface area (Å²) in [4.78, 5) is 12.8. The molecule has 0 unspecified atom stereocenters. The third-order valence-corrected chi connectivity index (χ3v) is 4.28. The van der Waals surface area contributed by atoms with Gasteiger partial charge in [0.2, 0.25) is 0 Å². The van der Waals surface area contributed by atoms with Crippen LogP contribution in [0.2, 0.25) is 0 Å². The lowest BCUT2D eigenvalue weighted by molar-refractivity contribution is 0.0934. The van der Waals surface area contributed by atoms with Crippen molar-refractivity contribution >= 4 is 34.5 Å². The van der Waals surface area contributed by atoms with Crippen molar-refractivity contribution in [3.8, 4) is 0 Å². The Labute approximate surface area is 129 Å². The smallest absolute Gasteiger partial charge is 0.252 e. The Kier molecular flexibility index (Phi) is 6.40. The van der Waals surface area contributed by atoms with E-state index in [0.717, 1.165) is 4.47 Å². The second-order valence-electron chi connectivity index (χ2n) is 5.52. The number of thiol groups is 1. The minimum atomic E-state index is -0.0520. The summed E-state index contributed by atoms with van der Waals surface area (Å²) in [5.74, 6) is 1.55. The number of halogens is 1. The molecule has 1 aromatic carbocycles. The van der Waals surface area contributed by atoms with Gasteiger partial charge in [-0.3, -0.25) is 4.79 Å². The van der Waals surface area contributed by atoms with E-state index in [4.69, 9.17) is 0 Å². The molecular formula is C15H22BrNOS. The van der Waals surface area contributed by atoms with Crippen LogP contribution in [0.1, 0.15) is 38.1 Å². The van der Waals surface area contributed by atoms with Gasteiger partial charge in [0.1, 0.15) is 0 Å². The van der Waals surface area contributed by atoms with Crippen molar-refractivity contribution in [3.05, 3.63) is 28.2 Å². The fourth-order valence-electron chi connectivity index (χ4n) is 2.24. The minimum Gasteiger partial charge on any atom is -0.352 e. The zero-order valence-electron chi connectivity index (χ0n) is 11.9. The number of hydrogen-bond acceptors (Lipinski definition) is 2. The van der Waals surface area contributed by atoms with Gasteiger partial charge >= 0.3 is 0 Å². The largest absolute Gasteiger partial charge is 0.352 e. The fourth-order valence-corrected chi connectivity index (χ4v) is 3.10. The highest BCUT2D eigenvalue weighted by molar-refractivity contribution is 9.10. The standard InChI is InChI=1S/C15H22BrNOS/c1-9(2)13(10(3)4)8-17-15(18)12-6-5-11(16)7-14(12)19/h5-7,9-10,13,19H,8H2,1-4H3,(H,17,18). The Bertz CT molecular complexity index is 438. The molecule has 4 heteroatoms. The van der Waals surface area contributed by atoms with Gasteiger partial charge in [-0.05, 0) is 36.0 Å². The van der Waals surface area contributed by atoms with Crippen LogP contribution in [0, 0.1) is 17.8 Å². The second kappa shape index (κ2) is 7.34. The molecule has 0 heterocycles. The number of carbonyl (C=O) groups is 1. The number of hydrogen-bond donors (Lipinski definition) is 2. The Hall–Kier alpha value is -0.480. The topological polar surface area (TPSA) is 29.1 Å². The average Bonchev–Trinajstić information content (AvgIpc) is 2.27. The number of amides is 1. The normalized spacial score (nSPS) is 11.4. The van der Waals surface area contributed by atoms with Crippen LogP contribution in [-0.2, 0) is 0 Å².